The minimum atomic E-state index is -1.34. The van der Waals surface area contributed by atoms with E-state index in [0.717, 1.165) is 17.7 Å². The molecule has 0 unspecified atom stereocenters. The van der Waals surface area contributed by atoms with Crippen LogP contribution >= 0.6 is 0 Å². The van der Waals surface area contributed by atoms with Gasteiger partial charge in [0.05, 0.1) is 13.8 Å². The van der Waals surface area contributed by atoms with Gasteiger partial charge in [-0.1, -0.05) is 111 Å². The summed E-state index contributed by atoms with van der Waals surface area (Å²) in [7, 11) is -1.34. The first-order valence-electron chi connectivity index (χ1n) is 11.6. The van der Waals surface area contributed by atoms with Crippen molar-refractivity contribution in [1.29, 1.82) is 0 Å². The van der Waals surface area contributed by atoms with Crippen molar-refractivity contribution in [1.82, 2.24) is 4.98 Å². The Balaban J connectivity index is 1.67. The number of hydrogen-bond donors (Lipinski definition) is 0. The SMILES string of the molecule is CC(C)Cc1cc([Si](C)(C)C)ccc1-c1ccc(-c2cccc(-c3ccccc3)c2)nc1. The van der Waals surface area contributed by atoms with Crippen LogP contribution in [0.5, 0.6) is 0 Å². The molecule has 1 heterocycles. The molecular formula is C30H33NSi. The van der Waals surface area contributed by atoms with Crippen LogP contribution in [0.15, 0.2) is 91.1 Å². The van der Waals surface area contributed by atoms with E-state index in [2.05, 4.69) is 118 Å². The summed E-state index contributed by atoms with van der Waals surface area (Å²) < 4.78 is 0. The van der Waals surface area contributed by atoms with Gasteiger partial charge in [0, 0.05) is 17.3 Å². The van der Waals surface area contributed by atoms with E-state index < -0.39 is 8.07 Å². The van der Waals surface area contributed by atoms with Gasteiger partial charge in [0.1, 0.15) is 0 Å². The van der Waals surface area contributed by atoms with Crippen molar-refractivity contribution in [2.75, 3.05) is 0 Å². The highest BCUT2D eigenvalue weighted by atomic mass is 28.3. The molecule has 0 atom stereocenters. The molecule has 0 spiro atoms. The minimum Gasteiger partial charge on any atom is -0.256 e. The monoisotopic (exact) mass is 435 g/mol. The zero-order valence-corrected chi connectivity index (χ0v) is 20.9. The van der Waals surface area contributed by atoms with Crippen LogP contribution < -0.4 is 5.19 Å². The average Bonchev–Trinajstić information content (AvgIpc) is 2.79. The summed E-state index contributed by atoms with van der Waals surface area (Å²) in [4.78, 5) is 4.86. The van der Waals surface area contributed by atoms with Crippen molar-refractivity contribution in [3.8, 4) is 33.5 Å². The van der Waals surface area contributed by atoms with Crippen LogP contribution in [0, 0.1) is 5.92 Å². The molecule has 0 aliphatic heterocycles. The normalized spacial score (nSPS) is 11.7. The molecule has 4 rings (SSSR count). The second-order valence-corrected chi connectivity index (χ2v) is 15.2. The molecule has 0 radical (unpaired) electrons. The van der Waals surface area contributed by atoms with E-state index in [0.29, 0.717) is 5.92 Å². The largest absolute Gasteiger partial charge is 0.256 e. The summed E-state index contributed by atoms with van der Waals surface area (Å²) in [5, 5.41) is 1.53. The van der Waals surface area contributed by atoms with Gasteiger partial charge in [-0.3, -0.25) is 4.98 Å². The Morgan fingerprint density at radius 1 is 0.688 bits per heavy atom. The number of nitrogens with zero attached hydrogens (tertiary/aromatic N) is 1. The molecule has 0 aliphatic carbocycles. The molecule has 0 saturated heterocycles. The predicted octanol–water partition coefficient (Wildman–Crippen LogP) is 7.83. The molecule has 1 aromatic heterocycles. The van der Waals surface area contributed by atoms with E-state index in [1.54, 1.807) is 0 Å². The first-order chi connectivity index (χ1) is 15.3. The molecule has 1 nitrogen and oxygen atoms in total. The van der Waals surface area contributed by atoms with Gasteiger partial charge in [-0.25, -0.2) is 0 Å². The molecule has 0 aliphatic rings. The fraction of sp³-hybridized carbons (Fsp3) is 0.233. The molecule has 2 heteroatoms. The Morgan fingerprint density at radius 3 is 2.06 bits per heavy atom. The Labute approximate surface area is 194 Å². The number of hydrogen-bond acceptors (Lipinski definition) is 1. The predicted molar refractivity (Wildman–Crippen MR) is 142 cm³/mol. The van der Waals surface area contributed by atoms with Crippen molar-refractivity contribution in [3.05, 3.63) is 96.7 Å². The molecular weight excluding hydrogens is 402 g/mol. The van der Waals surface area contributed by atoms with E-state index >= 15 is 0 Å². The van der Waals surface area contributed by atoms with Crippen LogP contribution in [-0.4, -0.2) is 13.1 Å². The summed E-state index contributed by atoms with van der Waals surface area (Å²) >= 11 is 0. The van der Waals surface area contributed by atoms with E-state index in [9.17, 15) is 0 Å². The third kappa shape index (κ3) is 5.08. The van der Waals surface area contributed by atoms with Crippen LogP contribution in [0.1, 0.15) is 19.4 Å². The third-order valence-electron chi connectivity index (χ3n) is 5.94. The van der Waals surface area contributed by atoms with Gasteiger partial charge in [-0.15, -0.1) is 0 Å². The average molecular weight is 436 g/mol. The maximum atomic E-state index is 4.86. The molecule has 0 bridgehead atoms. The summed E-state index contributed by atoms with van der Waals surface area (Å²) in [6, 6.07) is 30.6. The Kier molecular flexibility index (Phi) is 6.43. The highest BCUT2D eigenvalue weighted by molar-refractivity contribution is 6.88. The number of rotatable bonds is 6. The summed E-state index contributed by atoms with van der Waals surface area (Å²) in [5.41, 5.74) is 8.57. The molecule has 0 fully saturated rings. The van der Waals surface area contributed by atoms with Gasteiger partial charge < -0.3 is 0 Å². The van der Waals surface area contributed by atoms with Crippen molar-refractivity contribution >= 4 is 13.3 Å². The van der Waals surface area contributed by atoms with Gasteiger partial charge in [0.25, 0.3) is 0 Å². The topological polar surface area (TPSA) is 12.9 Å². The number of pyridine rings is 1. The Morgan fingerprint density at radius 2 is 1.41 bits per heavy atom. The molecule has 0 N–H and O–H groups in total. The molecule has 32 heavy (non-hydrogen) atoms. The molecule has 3 aromatic carbocycles. The lowest BCUT2D eigenvalue weighted by Gasteiger charge is -2.20. The van der Waals surface area contributed by atoms with Crippen LogP contribution in [0.2, 0.25) is 19.6 Å². The quantitative estimate of drug-likeness (QED) is 0.281. The number of benzene rings is 3. The molecule has 4 aromatic rings. The smallest absolute Gasteiger partial charge is 0.0776 e. The van der Waals surface area contributed by atoms with E-state index in [4.69, 9.17) is 4.98 Å². The van der Waals surface area contributed by atoms with Crippen LogP contribution in [0.3, 0.4) is 0 Å². The highest BCUT2D eigenvalue weighted by Gasteiger charge is 2.18. The first kappa shape index (κ1) is 22.2. The Hall–Kier alpha value is -2.97. The van der Waals surface area contributed by atoms with Gasteiger partial charge in [0.2, 0.25) is 0 Å². The standard InChI is InChI=1S/C30H33NSi/c1-22(2)18-27-20-28(32(3,4)5)15-16-29(27)26-14-17-30(31-21-26)25-13-9-12-24(19-25)23-10-7-6-8-11-23/h6-17,19-22H,18H2,1-5H3. The fourth-order valence-corrected chi connectivity index (χ4v) is 5.35. The lowest BCUT2D eigenvalue weighted by Crippen LogP contribution is -2.37. The lowest BCUT2D eigenvalue weighted by molar-refractivity contribution is 0.648. The zero-order chi connectivity index (χ0) is 22.7. The minimum absolute atomic E-state index is 0.624. The van der Waals surface area contributed by atoms with Crippen LogP contribution in [-0.2, 0) is 6.42 Å². The maximum absolute atomic E-state index is 4.86. The van der Waals surface area contributed by atoms with Gasteiger partial charge in [0.15, 0.2) is 0 Å². The van der Waals surface area contributed by atoms with E-state index in [1.807, 2.05) is 6.20 Å². The molecule has 0 amide bonds. The third-order valence-corrected chi connectivity index (χ3v) is 7.98. The lowest BCUT2D eigenvalue weighted by atomic mass is 9.94. The summed E-state index contributed by atoms with van der Waals surface area (Å²) in [6.45, 7) is 11.8. The maximum Gasteiger partial charge on any atom is 0.0776 e. The first-order valence-corrected chi connectivity index (χ1v) is 15.1. The van der Waals surface area contributed by atoms with E-state index in [1.165, 1.54) is 33.0 Å². The van der Waals surface area contributed by atoms with Gasteiger partial charge in [-0.2, -0.15) is 0 Å². The Bertz CT molecular complexity index is 1190. The van der Waals surface area contributed by atoms with Crippen molar-refractivity contribution in [2.45, 2.75) is 39.9 Å². The second-order valence-electron chi connectivity index (χ2n) is 10.1. The zero-order valence-electron chi connectivity index (χ0n) is 19.9. The molecule has 0 saturated carbocycles. The van der Waals surface area contributed by atoms with Crippen LogP contribution in [0.4, 0.5) is 0 Å². The summed E-state index contributed by atoms with van der Waals surface area (Å²) in [5.74, 6) is 0.624. The van der Waals surface area contributed by atoms with Gasteiger partial charge >= 0.3 is 0 Å². The highest BCUT2D eigenvalue weighted by Crippen LogP contribution is 2.29. The van der Waals surface area contributed by atoms with Gasteiger partial charge in [-0.05, 0) is 46.7 Å². The second kappa shape index (κ2) is 9.26. The van der Waals surface area contributed by atoms with E-state index in [-0.39, 0.29) is 0 Å². The van der Waals surface area contributed by atoms with Crippen LogP contribution in [0.25, 0.3) is 33.5 Å². The summed E-state index contributed by atoms with van der Waals surface area (Å²) in [6.07, 6.45) is 3.13. The fourth-order valence-electron chi connectivity index (χ4n) is 4.16. The van der Waals surface area contributed by atoms with Crippen molar-refractivity contribution < 1.29 is 0 Å². The number of aromatic nitrogens is 1. The molecule has 162 valence electrons. The van der Waals surface area contributed by atoms with Crippen molar-refractivity contribution in [2.24, 2.45) is 5.92 Å². The van der Waals surface area contributed by atoms with Crippen molar-refractivity contribution in [3.63, 3.8) is 0 Å².